The zero-order chi connectivity index (χ0) is 20.6. The molecular formula is C21H18ClFN4O2. The summed E-state index contributed by atoms with van der Waals surface area (Å²) in [4.78, 5) is 21.2. The molecule has 0 fully saturated rings. The quantitative estimate of drug-likeness (QED) is 0.484. The van der Waals surface area contributed by atoms with Crippen molar-refractivity contribution in [2.75, 3.05) is 12.4 Å². The molecule has 0 spiro atoms. The van der Waals surface area contributed by atoms with Gasteiger partial charge in [-0.2, -0.15) is 0 Å². The van der Waals surface area contributed by atoms with Crippen molar-refractivity contribution >= 4 is 29.2 Å². The maximum atomic E-state index is 13.1. The van der Waals surface area contributed by atoms with Gasteiger partial charge in [0.1, 0.15) is 11.6 Å². The Morgan fingerprint density at radius 2 is 1.97 bits per heavy atom. The summed E-state index contributed by atoms with van der Waals surface area (Å²) in [7, 11) is 1.52. The van der Waals surface area contributed by atoms with Gasteiger partial charge in [0.05, 0.1) is 25.0 Å². The fourth-order valence-electron chi connectivity index (χ4n) is 2.45. The second-order valence-corrected chi connectivity index (χ2v) is 6.35. The molecule has 0 aliphatic rings. The monoisotopic (exact) mass is 412 g/mol. The molecule has 3 aromatic rings. The minimum Gasteiger partial charge on any atom is -0.495 e. The predicted molar refractivity (Wildman–Crippen MR) is 111 cm³/mol. The zero-order valence-electron chi connectivity index (χ0n) is 15.5. The van der Waals surface area contributed by atoms with E-state index in [0.29, 0.717) is 16.5 Å². The summed E-state index contributed by atoms with van der Waals surface area (Å²) in [6, 6.07) is 15.7. The van der Waals surface area contributed by atoms with Gasteiger partial charge in [-0.05, 0) is 54.6 Å². The maximum absolute atomic E-state index is 13.1. The molecule has 0 atom stereocenters. The van der Waals surface area contributed by atoms with Gasteiger partial charge in [-0.1, -0.05) is 17.7 Å². The van der Waals surface area contributed by atoms with E-state index >= 15 is 0 Å². The summed E-state index contributed by atoms with van der Waals surface area (Å²) >= 11 is 6.08. The summed E-state index contributed by atoms with van der Waals surface area (Å²) in [5.41, 5.74) is 1.54. The van der Waals surface area contributed by atoms with Gasteiger partial charge in [0, 0.05) is 16.8 Å². The number of methoxy groups -OCH3 is 1. The number of hydrogen-bond donors (Lipinski definition) is 2. The molecule has 0 saturated carbocycles. The smallest absolute Gasteiger partial charge is 0.257 e. The lowest BCUT2D eigenvalue weighted by Gasteiger charge is -2.15. The Labute approximate surface area is 172 Å². The Morgan fingerprint density at radius 1 is 1.17 bits per heavy atom. The molecule has 1 heterocycles. The molecule has 1 amide bonds. The first-order valence-corrected chi connectivity index (χ1v) is 9.05. The third-order valence-corrected chi connectivity index (χ3v) is 4.11. The Morgan fingerprint density at radius 3 is 2.66 bits per heavy atom. The number of aromatic nitrogens is 1. The van der Waals surface area contributed by atoms with E-state index < -0.39 is 11.7 Å². The van der Waals surface area contributed by atoms with E-state index in [1.807, 2.05) is 12.1 Å². The van der Waals surface area contributed by atoms with Gasteiger partial charge in [-0.3, -0.25) is 15.1 Å². The number of carbonyl (C=O) groups excluding carboxylic acids is 1. The van der Waals surface area contributed by atoms with Crippen LogP contribution < -0.4 is 15.4 Å². The third-order valence-electron chi connectivity index (χ3n) is 3.88. The number of benzene rings is 2. The van der Waals surface area contributed by atoms with Crippen molar-refractivity contribution in [3.05, 3.63) is 89.0 Å². The number of anilines is 1. The maximum Gasteiger partial charge on any atom is 0.257 e. The number of guanidine groups is 1. The van der Waals surface area contributed by atoms with E-state index in [-0.39, 0.29) is 18.1 Å². The Kier molecular flexibility index (Phi) is 6.76. The lowest BCUT2D eigenvalue weighted by Crippen LogP contribution is -2.36. The molecule has 148 valence electrons. The number of rotatable bonds is 5. The molecule has 8 heteroatoms. The lowest BCUT2D eigenvalue weighted by atomic mass is 10.2. The molecule has 29 heavy (non-hydrogen) atoms. The van der Waals surface area contributed by atoms with Crippen LogP contribution in [0.1, 0.15) is 16.1 Å². The van der Waals surface area contributed by atoms with Crippen LogP contribution in [0.2, 0.25) is 5.02 Å². The average molecular weight is 413 g/mol. The standard InChI is InChI=1S/C21H18ClFN4O2/c1-29-19-10-7-15(22)12-18(19)26-21(25-13-17-4-2-3-11-24-17)27-20(28)14-5-8-16(23)9-6-14/h2-12H,13H2,1H3,(H2,25,26,27,28). The predicted octanol–water partition coefficient (Wildman–Crippen LogP) is 4.28. The largest absolute Gasteiger partial charge is 0.495 e. The molecule has 3 rings (SSSR count). The highest BCUT2D eigenvalue weighted by Crippen LogP contribution is 2.27. The van der Waals surface area contributed by atoms with E-state index in [4.69, 9.17) is 16.3 Å². The molecule has 0 saturated heterocycles. The highest BCUT2D eigenvalue weighted by Gasteiger charge is 2.12. The summed E-state index contributed by atoms with van der Waals surface area (Å²) in [5, 5.41) is 6.21. The van der Waals surface area contributed by atoms with Crippen LogP contribution in [0.3, 0.4) is 0 Å². The molecule has 6 nitrogen and oxygen atoms in total. The van der Waals surface area contributed by atoms with E-state index in [2.05, 4.69) is 20.6 Å². The summed E-state index contributed by atoms with van der Waals surface area (Å²) in [6.45, 7) is 0.232. The van der Waals surface area contributed by atoms with Gasteiger partial charge in [0.2, 0.25) is 5.96 Å². The topological polar surface area (TPSA) is 75.6 Å². The van der Waals surface area contributed by atoms with Crippen LogP contribution in [0, 0.1) is 5.82 Å². The normalized spacial score (nSPS) is 11.1. The van der Waals surface area contributed by atoms with Crippen LogP contribution in [0.4, 0.5) is 10.1 Å². The van der Waals surface area contributed by atoms with Crippen molar-refractivity contribution in [3.63, 3.8) is 0 Å². The number of amides is 1. The molecule has 0 aliphatic heterocycles. The van der Waals surface area contributed by atoms with Gasteiger partial charge >= 0.3 is 0 Å². The van der Waals surface area contributed by atoms with E-state index in [1.54, 1.807) is 30.5 Å². The first-order chi connectivity index (χ1) is 14.0. The average Bonchev–Trinajstić information content (AvgIpc) is 2.73. The Hall–Kier alpha value is -3.45. The first-order valence-electron chi connectivity index (χ1n) is 8.67. The van der Waals surface area contributed by atoms with Crippen molar-refractivity contribution < 1.29 is 13.9 Å². The molecule has 0 radical (unpaired) electrons. The van der Waals surface area contributed by atoms with Gasteiger partial charge in [-0.15, -0.1) is 0 Å². The van der Waals surface area contributed by atoms with Crippen molar-refractivity contribution in [2.24, 2.45) is 4.99 Å². The third kappa shape index (κ3) is 5.76. The second-order valence-electron chi connectivity index (χ2n) is 5.92. The molecule has 2 N–H and O–H groups in total. The fraction of sp³-hybridized carbons (Fsp3) is 0.0952. The summed E-state index contributed by atoms with van der Waals surface area (Å²) in [5.74, 6) is -0.174. The van der Waals surface area contributed by atoms with Gasteiger partial charge < -0.3 is 10.1 Å². The van der Waals surface area contributed by atoms with Crippen LogP contribution >= 0.6 is 11.6 Å². The molecule has 1 aromatic heterocycles. The molecule has 0 aliphatic carbocycles. The minimum absolute atomic E-state index is 0.172. The first kappa shape index (κ1) is 20.3. The number of nitrogens with one attached hydrogen (secondary N) is 2. The zero-order valence-corrected chi connectivity index (χ0v) is 16.3. The number of halogens is 2. The van der Waals surface area contributed by atoms with Crippen LogP contribution in [0.15, 0.2) is 71.9 Å². The Balaban J connectivity index is 1.86. The number of carbonyl (C=O) groups is 1. The van der Waals surface area contributed by atoms with Crippen LogP contribution in [0.5, 0.6) is 5.75 Å². The Bertz CT molecular complexity index is 1010. The molecule has 2 aromatic carbocycles. The summed E-state index contributed by atoms with van der Waals surface area (Å²) in [6.07, 6.45) is 1.66. The number of nitrogens with zero attached hydrogens (tertiary/aromatic N) is 2. The van der Waals surface area contributed by atoms with E-state index in [9.17, 15) is 9.18 Å². The number of ether oxygens (including phenoxy) is 1. The van der Waals surface area contributed by atoms with Gasteiger partial charge in [0.15, 0.2) is 0 Å². The van der Waals surface area contributed by atoms with Crippen molar-refractivity contribution in [1.29, 1.82) is 0 Å². The molecule has 0 bridgehead atoms. The van der Waals surface area contributed by atoms with Crippen molar-refractivity contribution in [3.8, 4) is 5.75 Å². The van der Waals surface area contributed by atoms with Crippen LogP contribution in [-0.2, 0) is 6.54 Å². The molecule has 0 unspecified atom stereocenters. The second kappa shape index (κ2) is 9.66. The van der Waals surface area contributed by atoms with E-state index in [0.717, 1.165) is 5.69 Å². The number of pyridine rings is 1. The highest BCUT2D eigenvalue weighted by molar-refractivity contribution is 6.31. The van der Waals surface area contributed by atoms with Gasteiger partial charge in [-0.25, -0.2) is 9.38 Å². The van der Waals surface area contributed by atoms with E-state index in [1.165, 1.54) is 31.4 Å². The van der Waals surface area contributed by atoms with Crippen LogP contribution in [-0.4, -0.2) is 24.0 Å². The van der Waals surface area contributed by atoms with Crippen molar-refractivity contribution in [2.45, 2.75) is 6.54 Å². The lowest BCUT2D eigenvalue weighted by molar-refractivity contribution is 0.0977. The number of hydrogen-bond acceptors (Lipinski definition) is 4. The molecular weight excluding hydrogens is 395 g/mol. The van der Waals surface area contributed by atoms with Crippen molar-refractivity contribution in [1.82, 2.24) is 10.3 Å². The summed E-state index contributed by atoms with van der Waals surface area (Å²) < 4.78 is 18.5. The van der Waals surface area contributed by atoms with Gasteiger partial charge in [0.25, 0.3) is 5.91 Å². The minimum atomic E-state index is -0.446. The fourth-order valence-corrected chi connectivity index (χ4v) is 2.62. The highest BCUT2D eigenvalue weighted by atomic mass is 35.5. The van der Waals surface area contributed by atoms with Crippen LogP contribution in [0.25, 0.3) is 0 Å². The number of aliphatic imine (C=N–C) groups is 1. The SMILES string of the molecule is COc1ccc(Cl)cc1NC(=NCc1ccccn1)NC(=O)c1ccc(F)cc1.